The zero-order valence-corrected chi connectivity index (χ0v) is 7.34. The van der Waals surface area contributed by atoms with E-state index in [-0.39, 0.29) is 18.4 Å². The molecular formula is C9H16F2O. The summed E-state index contributed by atoms with van der Waals surface area (Å²) in [5.74, 6) is 0.337. The largest absolute Gasteiger partial charge is 0.393 e. The van der Waals surface area contributed by atoms with Gasteiger partial charge in [-0.3, -0.25) is 0 Å². The fourth-order valence-corrected chi connectivity index (χ4v) is 1.74. The van der Waals surface area contributed by atoms with E-state index in [1.807, 2.05) is 6.92 Å². The van der Waals surface area contributed by atoms with Gasteiger partial charge in [-0.2, -0.15) is 0 Å². The van der Waals surface area contributed by atoms with Crippen molar-refractivity contribution in [3.8, 4) is 0 Å². The van der Waals surface area contributed by atoms with Crippen molar-refractivity contribution in [2.45, 2.75) is 45.1 Å². The molecule has 0 amide bonds. The second-order valence-corrected chi connectivity index (χ2v) is 3.87. The van der Waals surface area contributed by atoms with Crippen LogP contribution in [0.2, 0.25) is 0 Å². The molecule has 3 unspecified atom stereocenters. The molecule has 1 nitrogen and oxygen atoms in total. The van der Waals surface area contributed by atoms with Crippen molar-refractivity contribution in [1.82, 2.24) is 0 Å². The summed E-state index contributed by atoms with van der Waals surface area (Å²) in [5.41, 5.74) is 0. The van der Waals surface area contributed by atoms with Crippen molar-refractivity contribution in [3.63, 3.8) is 0 Å². The van der Waals surface area contributed by atoms with Gasteiger partial charge in [0.2, 0.25) is 6.43 Å². The zero-order valence-electron chi connectivity index (χ0n) is 7.34. The van der Waals surface area contributed by atoms with Gasteiger partial charge in [0.25, 0.3) is 0 Å². The van der Waals surface area contributed by atoms with E-state index in [1.165, 1.54) is 0 Å². The summed E-state index contributed by atoms with van der Waals surface area (Å²) in [6.45, 7) is 1.83. The highest BCUT2D eigenvalue weighted by Crippen LogP contribution is 2.34. The Morgan fingerprint density at radius 3 is 2.42 bits per heavy atom. The third-order valence-corrected chi connectivity index (χ3v) is 2.66. The fourth-order valence-electron chi connectivity index (χ4n) is 1.74. The predicted octanol–water partition coefficient (Wildman–Crippen LogP) is 2.44. The number of aliphatic hydroxyl groups excluding tert-OH is 1. The molecule has 1 saturated carbocycles. The number of alkyl halides is 2. The van der Waals surface area contributed by atoms with Crippen LogP contribution >= 0.6 is 0 Å². The Balaban J connectivity index is 2.13. The molecule has 1 N–H and O–H groups in total. The van der Waals surface area contributed by atoms with Crippen LogP contribution in [0.4, 0.5) is 8.78 Å². The van der Waals surface area contributed by atoms with Crippen LogP contribution in [-0.4, -0.2) is 17.6 Å². The van der Waals surface area contributed by atoms with E-state index >= 15 is 0 Å². The van der Waals surface area contributed by atoms with Crippen molar-refractivity contribution in [3.05, 3.63) is 0 Å². The van der Waals surface area contributed by atoms with Gasteiger partial charge >= 0.3 is 0 Å². The first-order valence-electron chi connectivity index (χ1n) is 4.55. The van der Waals surface area contributed by atoms with Gasteiger partial charge in [-0.1, -0.05) is 6.92 Å². The molecule has 0 spiro atoms. The summed E-state index contributed by atoms with van der Waals surface area (Å²) < 4.78 is 23.8. The number of hydrogen-bond acceptors (Lipinski definition) is 1. The maximum atomic E-state index is 11.9. The molecule has 1 fully saturated rings. The Morgan fingerprint density at radius 1 is 1.42 bits per heavy atom. The normalized spacial score (nSPS) is 31.8. The lowest BCUT2D eigenvalue weighted by Crippen LogP contribution is -2.32. The Morgan fingerprint density at radius 2 is 2.08 bits per heavy atom. The number of hydrogen-bond donors (Lipinski definition) is 1. The quantitative estimate of drug-likeness (QED) is 0.701. The van der Waals surface area contributed by atoms with Crippen molar-refractivity contribution in [2.24, 2.45) is 11.8 Å². The Hall–Kier alpha value is -0.180. The van der Waals surface area contributed by atoms with Gasteiger partial charge in [0.1, 0.15) is 0 Å². The molecule has 0 heterocycles. The smallest absolute Gasteiger partial charge is 0.238 e. The third kappa shape index (κ3) is 2.70. The number of aliphatic hydroxyl groups is 1. The van der Waals surface area contributed by atoms with E-state index in [9.17, 15) is 13.9 Å². The lowest BCUT2D eigenvalue weighted by molar-refractivity contribution is 0.00539. The van der Waals surface area contributed by atoms with Crippen LogP contribution in [0, 0.1) is 11.8 Å². The van der Waals surface area contributed by atoms with Gasteiger partial charge in [-0.25, -0.2) is 8.78 Å². The molecular weight excluding hydrogens is 162 g/mol. The Kier molecular flexibility index (Phi) is 3.44. The summed E-state index contributed by atoms with van der Waals surface area (Å²) in [7, 11) is 0. The first-order chi connectivity index (χ1) is 5.59. The SMILES string of the molecule is CC(CC(F)F)CC1CCC1O. The van der Waals surface area contributed by atoms with Crippen molar-refractivity contribution in [2.75, 3.05) is 0 Å². The summed E-state index contributed by atoms with van der Waals surface area (Å²) >= 11 is 0. The lowest BCUT2D eigenvalue weighted by Gasteiger charge is -2.34. The first-order valence-corrected chi connectivity index (χ1v) is 4.55. The molecule has 1 rings (SSSR count). The third-order valence-electron chi connectivity index (χ3n) is 2.66. The average Bonchev–Trinajstić information content (AvgIpc) is 1.96. The maximum absolute atomic E-state index is 11.9. The minimum Gasteiger partial charge on any atom is -0.393 e. The fraction of sp³-hybridized carbons (Fsp3) is 1.00. The minimum atomic E-state index is -2.20. The van der Waals surface area contributed by atoms with Crippen molar-refractivity contribution >= 4 is 0 Å². The average molecular weight is 178 g/mol. The second-order valence-electron chi connectivity index (χ2n) is 3.87. The van der Waals surface area contributed by atoms with Gasteiger partial charge in [0, 0.05) is 6.42 Å². The van der Waals surface area contributed by atoms with E-state index in [0.29, 0.717) is 5.92 Å². The van der Waals surface area contributed by atoms with E-state index in [0.717, 1.165) is 19.3 Å². The van der Waals surface area contributed by atoms with Crippen LogP contribution in [0.3, 0.4) is 0 Å². The second kappa shape index (κ2) is 4.17. The monoisotopic (exact) mass is 178 g/mol. The topological polar surface area (TPSA) is 20.2 Å². The van der Waals surface area contributed by atoms with Crippen LogP contribution in [0.15, 0.2) is 0 Å². The molecule has 1 aliphatic carbocycles. The van der Waals surface area contributed by atoms with E-state index in [4.69, 9.17) is 0 Å². The Labute approximate surface area is 71.8 Å². The van der Waals surface area contributed by atoms with E-state index < -0.39 is 6.43 Å². The molecule has 12 heavy (non-hydrogen) atoms. The molecule has 3 heteroatoms. The zero-order chi connectivity index (χ0) is 9.14. The first kappa shape index (κ1) is 9.90. The molecule has 3 atom stereocenters. The van der Waals surface area contributed by atoms with Gasteiger partial charge in [0.05, 0.1) is 6.10 Å². The van der Waals surface area contributed by atoms with Gasteiger partial charge in [-0.05, 0) is 31.1 Å². The molecule has 72 valence electrons. The molecule has 0 saturated heterocycles. The highest BCUT2D eigenvalue weighted by atomic mass is 19.3. The highest BCUT2D eigenvalue weighted by Gasteiger charge is 2.30. The number of halogens is 2. The van der Waals surface area contributed by atoms with Gasteiger partial charge in [-0.15, -0.1) is 0 Å². The van der Waals surface area contributed by atoms with Gasteiger partial charge in [0.15, 0.2) is 0 Å². The molecule has 1 aliphatic rings. The van der Waals surface area contributed by atoms with E-state index in [1.54, 1.807) is 0 Å². The Bertz CT molecular complexity index is 138. The molecule has 0 aromatic heterocycles. The minimum absolute atomic E-state index is 0.0246. The molecule has 0 bridgehead atoms. The van der Waals surface area contributed by atoms with Crippen LogP contribution < -0.4 is 0 Å². The van der Waals surface area contributed by atoms with Crippen molar-refractivity contribution < 1.29 is 13.9 Å². The van der Waals surface area contributed by atoms with Crippen molar-refractivity contribution in [1.29, 1.82) is 0 Å². The molecule has 0 aliphatic heterocycles. The van der Waals surface area contributed by atoms with Crippen LogP contribution in [0.25, 0.3) is 0 Å². The summed E-state index contributed by atoms with van der Waals surface area (Å²) in [6.07, 6.45) is 0.178. The summed E-state index contributed by atoms with van der Waals surface area (Å²) in [6, 6.07) is 0. The lowest BCUT2D eigenvalue weighted by atomic mass is 9.76. The summed E-state index contributed by atoms with van der Waals surface area (Å²) in [5, 5.41) is 9.20. The molecule has 0 radical (unpaired) electrons. The maximum Gasteiger partial charge on any atom is 0.238 e. The van der Waals surface area contributed by atoms with Crippen LogP contribution in [0.5, 0.6) is 0 Å². The van der Waals surface area contributed by atoms with Gasteiger partial charge < -0.3 is 5.11 Å². The van der Waals surface area contributed by atoms with Crippen LogP contribution in [0.1, 0.15) is 32.6 Å². The van der Waals surface area contributed by atoms with E-state index in [2.05, 4.69) is 0 Å². The molecule has 0 aromatic carbocycles. The van der Waals surface area contributed by atoms with Crippen LogP contribution in [-0.2, 0) is 0 Å². The standard InChI is InChI=1S/C9H16F2O/c1-6(5-9(10)11)4-7-2-3-8(7)12/h6-9,12H,2-5H2,1H3. The summed E-state index contributed by atoms with van der Waals surface area (Å²) in [4.78, 5) is 0. The highest BCUT2D eigenvalue weighted by molar-refractivity contribution is 4.81. The number of rotatable bonds is 4. The predicted molar refractivity (Wildman–Crippen MR) is 43.1 cm³/mol. The molecule has 0 aromatic rings.